The second-order valence-electron chi connectivity index (χ2n) is 4.02. The predicted molar refractivity (Wildman–Crippen MR) is 81.2 cm³/mol. The fourth-order valence-electron chi connectivity index (χ4n) is 1.59. The Labute approximate surface area is 124 Å². The van der Waals surface area contributed by atoms with Crippen LogP contribution in [0, 0.1) is 12.7 Å². The fourth-order valence-corrected chi connectivity index (χ4v) is 2.00. The van der Waals surface area contributed by atoms with E-state index in [0.717, 1.165) is 10.0 Å². The van der Waals surface area contributed by atoms with Gasteiger partial charge in [-0.3, -0.25) is 0 Å². The SMILES string of the molecule is Cc1cc(Oc2ccc(F)cc2C(N)=S)ccc1Br. The van der Waals surface area contributed by atoms with Gasteiger partial charge in [0.15, 0.2) is 0 Å². The van der Waals surface area contributed by atoms with Crippen molar-refractivity contribution in [1.82, 2.24) is 0 Å². The molecule has 0 fully saturated rings. The van der Waals surface area contributed by atoms with Crippen molar-refractivity contribution in [3.05, 3.63) is 57.8 Å². The molecule has 0 aromatic heterocycles. The molecule has 19 heavy (non-hydrogen) atoms. The summed E-state index contributed by atoms with van der Waals surface area (Å²) in [5.74, 6) is 0.683. The van der Waals surface area contributed by atoms with Crippen LogP contribution in [-0.4, -0.2) is 4.99 Å². The van der Waals surface area contributed by atoms with Crippen LogP contribution >= 0.6 is 28.1 Å². The highest BCUT2D eigenvalue weighted by molar-refractivity contribution is 9.10. The van der Waals surface area contributed by atoms with Gasteiger partial charge in [-0.05, 0) is 48.9 Å². The van der Waals surface area contributed by atoms with E-state index in [1.165, 1.54) is 18.2 Å². The second kappa shape index (κ2) is 5.67. The molecule has 0 aliphatic carbocycles. The number of hydrogen-bond donors (Lipinski definition) is 1. The molecule has 0 radical (unpaired) electrons. The number of aryl methyl sites for hydroxylation is 1. The first-order valence-electron chi connectivity index (χ1n) is 5.51. The number of thiocarbonyl (C=S) groups is 1. The summed E-state index contributed by atoms with van der Waals surface area (Å²) in [4.78, 5) is 0.100. The summed E-state index contributed by atoms with van der Waals surface area (Å²) in [6.07, 6.45) is 0. The lowest BCUT2D eigenvalue weighted by atomic mass is 10.2. The van der Waals surface area contributed by atoms with E-state index < -0.39 is 5.82 Å². The van der Waals surface area contributed by atoms with Gasteiger partial charge in [0, 0.05) is 4.47 Å². The van der Waals surface area contributed by atoms with Crippen LogP contribution in [-0.2, 0) is 0 Å². The van der Waals surface area contributed by atoms with Gasteiger partial charge in [0.25, 0.3) is 0 Å². The molecule has 0 spiro atoms. The van der Waals surface area contributed by atoms with Crippen molar-refractivity contribution in [2.24, 2.45) is 5.73 Å². The van der Waals surface area contributed by atoms with Crippen molar-refractivity contribution in [2.75, 3.05) is 0 Å². The summed E-state index contributed by atoms with van der Waals surface area (Å²) >= 11 is 8.31. The minimum Gasteiger partial charge on any atom is -0.457 e. The van der Waals surface area contributed by atoms with Gasteiger partial charge < -0.3 is 10.5 Å². The Hall–Kier alpha value is -1.46. The van der Waals surface area contributed by atoms with Gasteiger partial charge in [0.2, 0.25) is 0 Å². The molecule has 2 aromatic rings. The van der Waals surface area contributed by atoms with Crippen LogP contribution in [0.3, 0.4) is 0 Å². The number of benzene rings is 2. The number of rotatable bonds is 3. The molecule has 0 atom stereocenters. The molecule has 2 aromatic carbocycles. The largest absolute Gasteiger partial charge is 0.457 e. The zero-order chi connectivity index (χ0) is 14.0. The minimum absolute atomic E-state index is 0.100. The molecule has 2 rings (SSSR count). The lowest BCUT2D eigenvalue weighted by Gasteiger charge is -2.11. The first kappa shape index (κ1) is 14.0. The maximum absolute atomic E-state index is 13.2. The van der Waals surface area contributed by atoms with Crippen molar-refractivity contribution in [3.63, 3.8) is 0 Å². The van der Waals surface area contributed by atoms with E-state index in [2.05, 4.69) is 15.9 Å². The normalized spacial score (nSPS) is 10.3. The highest BCUT2D eigenvalue weighted by Gasteiger charge is 2.09. The van der Waals surface area contributed by atoms with Crippen LogP contribution in [0.2, 0.25) is 0 Å². The summed E-state index contributed by atoms with van der Waals surface area (Å²) < 4.78 is 19.9. The zero-order valence-corrected chi connectivity index (χ0v) is 12.5. The molecule has 98 valence electrons. The Morgan fingerprint density at radius 3 is 2.63 bits per heavy atom. The van der Waals surface area contributed by atoms with Crippen molar-refractivity contribution < 1.29 is 9.13 Å². The summed E-state index contributed by atoms with van der Waals surface area (Å²) in [5.41, 5.74) is 6.99. The predicted octanol–water partition coefficient (Wildman–Crippen LogP) is 4.32. The zero-order valence-electron chi connectivity index (χ0n) is 10.1. The third kappa shape index (κ3) is 3.30. The lowest BCUT2D eigenvalue weighted by molar-refractivity contribution is 0.479. The molecule has 2 N–H and O–H groups in total. The number of nitrogens with two attached hydrogens (primary N) is 1. The van der Waals surface area contributed by atoms with Crippen molar-refractivity contribution in [3.8, 4) is 11.5 Å². The average molecular weight is 340 g/mol. The van der Waals surface area contributed by atoms with Gasteiger partial charge in [-0.15, -0.1) is 0 Å². The van der Waals surface area contributed by atoms with Crippen LogP contribution in [0.5, 0.6) is 11.5 Å². The van der Waals surface area contributed by atoms with E-state index in [0.29, 0.717) is 17.1 Å². The second-order valence-corrected chi connectivity index (χ2v) is 5.31. The van der Waals surface area contributed by atoms with Gasteiger partial charge in [0.05, 0.1) is 5.56 Å². The number of halogens is 2. The Balaban J connectivity index is 2.37. The molecule has 0 aliphatic heterocycles. The molecule has 0 saturated heterocycles. The molecule has 0 unspecified atom stereocenters. The number of ether oxygens (including phenoxy) is 1. The quantitative estimate of drug-likeness (QED) is 0.845. The fraction of sp³-hybridized carbons (Fsp3) is 0.0714. The molecular weight excluding hydrogens is 329 g/mol. The van der Waals surface area contributed by atoms with E-state index in [1.807, 2.05) is 25.1 Å². The molecule has 0 bridgehead atoms. The Morgan fingerprint density at radius 2 is 2.00 bits per heavy atom. The molecule has 0 saturated carbocycles. The molecule has 0 aliphatic rings. The topological polar surface area (TPSA) is 35.2 Å². The maximum atomic E-state index is 13.2. The van der Waals surface area contributed by atoms with Crippen LogP contribution in [0.1, 0.15) is 11.1 Å². The van der Waals surface area contributed by atoms with Crippen molar-refractivity contribution in [1.29, 1.82) is 0 Å². The van der Waals surface area contributed by atoms with E-state index in [4.69, 9.17) is 22.7 Å². The van der Waals surface area contributed by atoms with E-state index >= 15 is 0 Å². The van der Waals surface area contributed by atoms with Crippen LogP contribution in [0.15, 0.2) is 40.9 Å². The van der Waals surface area contributed by atoms with Gasteiger partial charge in [0.1, 0.15) is 22.3 Å². The Morgan fingerprint density at radius 1 is 1.26 bits per heavy atom. The molecule has 0 amide bonds. The van der Waals surface area contributed by atoms with E-state index in [-0.39, 0.29) is 4.99 Å². The van der Waals surface area contributed by atoms with E-state index in [9.17, 15) is 4.39 Å². The third-order valence-corrected chi connectivity index (χ3v) is 3.67. The summed E-state index contributed by atoms with van der Waals surface area (Å²) in [6, 6.07) is 9.66. The number of hydrogen-bond acceptors (Lipinski definition) is 2. The monoisotopic (exact) mass is 339 g/mol. The van der Waals surface area contributed by atoms with Gasteiger partial charge >= 0.3 is 0 Å². The Bertz CT molecular complexity index is 645. The first-order chi connectivity index (χ1) is 8.97. The highest BCUT2D eigenvalue weighted by Crippen LogP contribution is 2.28. The summed E-state index contributed by atoms with van der Waals surface area (Å²) in [6.45, 7) is 1.95. The van der Waals surface area contributed by atoms with Crippen molar-refractivity contribution >= 4 is 33.1 Å². The standard InChI is InChI=1S/C14H11BrFNOS/c1-8-6-10(3-4-12(8)15)18-13-5-2-9(16)7-11(13)14(17)19/h2-7H,1H3,(H2,17,19). The van der Waals surface area contributed by atoms with Gasteiger partial charge in [-0.2, -0.15) is 0 Å². The van der Waals surface area contributed by atoms with Crippen LogP contribution < -0.4 is 10.5 Å². The average Bonchev–Trinajstić information content (AvgIpc) is 2.36. The Kier molecular flexibility index (Phi) is 4.17. The third-order valence-electron chi connectivity index (χ3n) is 2.56. The minimum atomic E-state index is -0.401. The van der Waals surface area contributed by atoms with Crippen molar-refractivity contribution in [2.45, 2.75) is 6.92 Å². The van der Waals surface area contributed by atoms with Crippen LogP contribution in [0.25, 0.3) is 0 Å². The van der Waals surface area contributed by atoms with E-state index in [1.54, 1.807) is 0 Å². The summed E-state index contributed by atoms with van der Waals surface area (Å²) in [7, 11) is 0. The highest BCUT2D eigenvalue weighted by atomic mass is 79.9. The molecule has 0 heterocycles. The lowest BCUT2D eigenvalue weighted by Crippen LogP contribution is -2.11. The molecule has 2 nitrogen and oxygen atoms in total. The van der Waals surface area contributed by atoms with Crippen LogP contribution in [0.4, 0.5) is 4.39 Å². The molecule has 5 heteroatoms. The smallest absolute Gasteiger partial charge is 0.137 e. The maximum Gasteiger partial charge on any atom is 0.137 e. The summed E-state index contributed by atoms with van der Waals surface area (Å²) in [5, 5.41) is 0. The van der Waals surface area contributed by atoms with Gasteiger partial charge in [-0.25, -0.2) is 4.39 Å². The van der Waals surface area contributed by atoms with Gasteiger partial charge in [-0.1, -0.05) is 28.1 Å². The molecular formula is C14H11BrFNOS. The first-order valence-corrected chi connectivity index (χ1v) is 6.71.